The predicted molar refractivity (Wildman–Crippen MR) is 137 cm³/mol. The maximum absolute atomic E-state index is 12.7. The second kappa shape index (κ2) is 11.7. The summed E-state index contributed by atoms with van der Waals surface area (Å²) in [7, 11) is -0.231. The number of benzene rings is 3. The van der Waals surface area contributed by atoms with Crippen molar-refractivity contribution >= 4 is 22.4 Å². The van der Waals surface area contributed by atoms with E-state index in [1.807, 2.05) is 48.5 Å². The molecule has 1 aliphatic rings. The van der Waals surface area contributed by atoms with Gasteiger partial charge in [0.1, 0.15) is 0 Å². The summed E-state index contributed by atoms with van der Waals surface area (Å²) in [5, 5.41) is 0. The summed E-state index contributed by atoms with van der Waals surface area (Å²) in [5.74, 6) is 1.50. The highest BCUT2D eigenvalue weighted by Crippen LogP contribution is 2.33. The highest BCUT2D eigenvalue weighted by molar-refractivity contribution is 7.89. The molecule has 1 N–H and O–H groups in total. The summed E-state index contributed by atoms with van der Waals surface area (Å²) in [4.78, 5) is 2.63. The van der Waals surface area contributed by atoms with E-state index in [1.165, 1.54) is 11.1 Å². The molecule has 34 heavy (non-hydrogen) atoms. The first kappa shape index (κ1) is 26.0. The van der Waals surface area contributed by atoms with Crippen LogP contribution in [0.3, 0.4) is 0 Å². The van der Waals surface area contributed by atoms with Gasteiger partial charge in [0.2, 0.25) is 10.0 Å². The molecule has 0 unspecified atom stereocenters. The molecule has 182 valence electrons. The molecule has 3 aromatic carbocycles. The van der Waals surface area contributed by atoms with Gasteiger partial charge in [-0.15, -0.1) is 12.4 Å². The van der Waals surface area contributed by atoms with E-state index in [1.54, 1.807) is 26.4 Å². The largest absolute Gasteiger partial charge is 0.493 e. The van der Waals surface area contributed by atoms with Gasteiger partial charge in [0.15, 0.2) is 11.5 Å². The number of methoxy groups -OCH3 is 2. The summed E-state index contributed by atoms with van der Waals surface area (Å²) in [6.45, 7) is 2.99. The maximum Gasteiger partial charge on any atom is 0.240 e. The van der Waals surface area contributed by atoms with E-state index >= 15 is 0 Å². The Labute approximate surface area is 208 Å². The van der Waals surface area contributed by atoms with Crippen LogP contribution in [0.4, 0.5) is 0 Å². The molecule has 0 spiro atoms. The number of hydrogen-bond acceptors (Lipinski definition) is 5. The Morgan fingerprint density at radius 1 is 0.882 bits per heavy atom. The number of fused-ring (bicyclic) bond motifs is 1. The molecule has 4 rings (SSSR count). The Morgan fingerprint density at radius 3 is 2.15 bits per heavy atom. The number of rotatable bonds is 9. The van der Waals surface area contributed by atoms with E-state index in [0.29, 0.717) is 6.54 Å². The lowest BCUT2D eigenvalue weighted by molar-refractivity contribution is 0.250. The summed E-state index contributed by atoms with van der Waals surface area (Å²) >= 11 is 0. The van der Waals surface area contributed by atoms with Crippen LogP contribution in [-0.4, -0.2) is 47.2 Å². The third-order valence-corrected chi connectivity index (χ3v) is 7.49. The molecule has 1 aliphatic heterocycles. The van der Waals surface area contributed by atoms with Gasteiger partial charge in [-0.2, -0.15) is 0 Å². The molecule has 0 saturated carbocycles. The second-order valence-electron chi connectivity index (χ2n) is 8.14. The first-order valence-electron chi connectivity index (χ1n) is 11.1. The zero-order valence-corrected chi connectivity index (χ0v) is 21.1. The molecular formula is C26H31ClN2O4S. The molecule has 0 saturated heterocycles. The molecule has 3 aromatic rings. The molecule has 8 heteroatoms. The van der Waals surface area contributed by atoms with Gasteiger partial charge in [-0.05, 0) is 65.9 Å². The Kier molecular flexibility index (Phi) is 8.97. The van der Waals surface area contributed by atoms with Crippen molar-refractivity contribution in [1.82, 2.24) is 9.62 Å². The summed E-state index contributed by atoms with van der Waals surface area (Å²) < 4.78 is 38.9. The number of ether oxygens (including phenoxy) is 2. The van der Waals surface area contributed by atoms with Crippen molar-refractivity contribution in [3.8, 4) is 22.6 Å². The fourth-order valence-corrected chi connectivity index (χ4v) is 5.26. The van der Waals surface area contributed by atoms with E-state index in [9.17, 15) is 8.42 Å². The zero-order valence-electron chi connectivity index (χ0n) is 19.5. The number of halogens is 1. The SMILES string of the molecule is COc1cc2c(cc1OC)CN(CCCNS(=O)(=O)c1ccc(-c3ccccc3)cc1)CC2.Cl. The van der Waals surface area contributed by atoms with Gasteiger partial charge >= 0.3 is 0 Å². The first-order chi connectivity index (χ1) is 16.0. The van der Waals surface area contributed by atoms with Gasteiger partial charge in [-0.1, -0.05) is 42.5 Å². The maximum atomic E-state index is 12.7. The van der Waals surface area contributed by atoms with E-state index in [4.69, 9.17) is 9.47 Å². The second-order valence-corrected chi connectivity index (χ2v) is 9.91. The minimum Gasteiger partial charge on any atom is -0.493 e. The molecule has 0 aromatic heterocycles. The minimum atomic E-state index is -3.53. The lowest BCUT2D eigenvalue weighted by Crippen LogP contribution is -2.33. The smallest absolute Gasteiger partial charge is 0.240 e. The highest BCUT2D eigenvalue weighted by atomic mass is 35.5. The third kappa shape index (κ3) is 6.10. The van der Waals surface area contributed by atoms with E-state index in [-0.39, 0.29) is 17.3 Å². The van der Waals surface area contributed by atoms with Crippen molar-refractivity contribution in [3.63, 3.8) is 0 Å². The first-order valence-corrected chi connectivity index (χ1v) is 12.6. The molecule has 6 nitrogen and oxygen atoms in total. The van der Waals surface area contributed by atoms with E-state index in [0.717, 1.165) is 55.1 Å². The number of sulfonamides is 1. The van der Waals surface area contributed by atoms with Crippen molar-refractivity contribution in [1.29, 1.82) is 0 Å². The zero-order chi connectivity index (χ0) is 23.3. The Hall–Kier alpha value is -2.58. The normalized spacial score (nSPS) is 13.6. The molecule has 0 atom stereocenters. The molecule has 1 heterocycles. The van der Waals surface area contributed by atoms with Crippen molar-refractivity contribution < 1.29 is 17.9 Å². The Bertz CT molecular complexity index is 1190. The van der Waals surface area contributed by atoms with Crippen LogP contribution in [0.5, 0.6) is 11.5 Å². The summed E-state index contributed by atoms with van der Waals surface area (Å²) in [6, 6.07) is 21.0. The van der Waals surface area contributed by atoms with Crippen LogP contribution in [-0.2, 0) is 23.0 Å². The summed E-state index contributed by atoms with van der Waals surface area (Å²) in [5.41, 5.74) is 4.57. The van der Waals surface area contributed by atoms with Crippen LogP contribution < -0.4 is 14.2 Å². The Morgan fingerprint density at radius 2 is 1.50 bits per heavy atom. The average Bonchev–Trinajstić information content (AvgIpc) is 2.86. The van der Waals surface area contributed by atoms with E-state index in [2.05, 4.69) is 15.7 Å². The molecule has 0 fully saturated rings. The standard InChI is InChI=1S/C26H30N2O4S.ClH/c1-31-25-17-22-13-16-28(19-23(22)18-26(25)32-2)15-6-14-27-33(29,30)24-11-9-21(10-12-24)20-7-4-3-5-8-20;/h3-5,7-12,17-18,27H,6,13-16,19H2,1-2H3;1H. The van der Waals surface area contributed by atoms with Gasteiger partial charge in [-0.3, -0.25) is 4.90 Å². The van der Waals surface area contributed by atoms with Gasteiger partial charge in [0, 0.05) is 19.6 Å². The van der Waals surface area contributed by atoms with Crippen LogP contribution in [0.25, 0.3) is 11.1 Å². The van der Waals surface area contributed by atoms with Crippen LogP contribution in [0.1, 0.15) is 17.5 Å². The van der Waals surface area contributed by atoms with Crippen molar-refractivity contribution in [3.05, 3.63) is 77.9 Å². The van der Waals surface area contributed by atoms with Gasteiger partial charge < -0.3 is 9.47 Å². The topological polar surface area (TPSA) is 67.9 Å². The van der Waals surface area contributed by atoms with Gasteiger partial charge in [0.05, 0.1) is 19.1 Å². The molecular weight excluding hydrogens is 472 g/mol. The lowest BCUT2D eigenvalue weighted by atomic mass is 9.98. The predicted octanol–water partition coefficient (Wildman–Crippen LogP) is 4.52. The molecule has 0 bridgehead atoms. The monoisotopic (exact) mass is 502 g/mol. The number of hydrogen-bond donors (Lipinski definition) is 1. The molecule has 0 amide bonds. The Balaban J connectivity index is 0.00000324. The molecule has 0 radical (unpaired) electrons. The van der Waals surface area contributed by atoms with Crippen LogP contribution in [0.15, 0.2) is 71.6 Å². The fraction of sp³-hybridized carbons (Fsp3) is 0.308. The highest BCUT2D eigenvalue weighted by Gasteiger charge is 2.20. The van der Waals surface area contributed by atoms with Crippen molar-refractivity contribution in [2.75, 3.05) is 33.9 Å². The van der Waals surface area contributed by atoms with Crippen LogP contribution in [0.2, 0.25) is 0 Å². The van der Waals surface area contributed by atoms with Crippen molar-refractivity contribution in [2.45, 2.75) is 24.3 Å². The van der Waals surface area contributed by atoms with Crippen molar-refractivity contribution in [2.24, 2.45) is 0 Å². The lowest BCUT2D eigenvalue weighted by Gasteiger charge is -2.29. The fourth-order valence-electron chi connectivity index (χ4n) is 4.18. The van der Waals surface area contributed by atoms with Crippen LogP contribution >= 0.6 is 12.4 Å². The molecule has 0 aliphatic carbocycles. The quantitative estimate of drug-likeness (QED) is 0.436. The van der Waals surface area contributed by atoms with Gasteiger partial charge in [-0.25, -0.2) is 13.1 Å². The number of nitrogens with zero attached hydrogens (tertiary/aromatic N) is 1. The van der Waals surface area contributed by atoms with Crippen LogP contribution in [0, 0.1) is 0 Å². The minimum absolute atomic E-state index is 0. The van der Waals surface area contributed by atoms with Gasteiger partial charge in [0.25, 0.3) is 0 Å². The van der Waals surface area contributed by atoms with E-state index < -0.39 is 10.0 Å². The third-order valence-electron chi connectivity index (χ3n) is 6.01. The summed E-state index contributed by atoms with van der Waals surface area (Å²) in [6.07, 6.45) is 1.68. The number of nitrogens with one attached hydrogen (secondary N) is 1. The average molecular weight is 503 g/mol.